The van der Waals surface area contributed by atoms with Crippen LogP contribution in [0.4, 0.5) is 0 Å². The lowest BCUT2D eigenvalue weighted by molar-refractivity contribution is 0.686. The average molecular weight is 120 g/mol. The fourth-order valence-corrected chi connectivity index (χ4v) is 1.34. The summed E-state index contributed by atoms with van der Waals surface area (Å²) in [6.07, 6.45) is 14.5. The molecule has 1 aliphatic rings. The zero-order valence-electron chi connectivity index (χ0n) is 5.64. The van der Waals surface area contributed by atoms with Crippen LogP contribution in [0.25, 0.3) is 0 Å². The van der Waals surface area contributed by atoms with E-state index in [0.29, 0.717) is 0 Å². The lowest BCUT2D eigenvalue weighted by atomic mass is 10.1. The predicted octanol–water partition coefficient (Wildman–Crippen LogP) is 2.37. The highest BCUT2D eigenvalue weighted by molar-refractivity contribution is 5.10. The average Bonchev–Trinajstić information content (AvgIpc) is 2.34. The van der Waals surface area contributed by atoms with Crippen molar-refractivity contribution in [1.82, 2.24) is 0 Å². The van der Waals surface area contributed by atoms with Crippen LogP contribution < -0.4 is 0 Å². The summed E-state index contributed by atoms with van der Waals surface area (Å²) in [4.78, 5) is 0. The van der Waals surface area contributed by atoms with E-state index in [0.717, 1.165) is 5.92 Å². The Kier molecular flexibility index (Phi) is 2.39. The molecule has 0 unspecified atom stereocenters. The Hall–Kier alpha value is -0.700. The Labute approximate surface area is 57.0 Å². The van der Waals surface area contributed by atoms with Gasteiger partial charge in [-0.15, -0.1) is 6.42 Å². The molecule has 0 bridgehead atoms. The van der Waals surface area contributed by atoms with Crippen LogP contribution in [0.2, 0.25) is 0 Å². The van der Waals surface area contributed by atoms with Crippen LogP contribution in [0, 0.1) is 18.3 Å². The smallest absolute Gasteiger partial charge is 0.0159 e. The molecule has 0 amide bonds. The maximum atomic E-state index is 5.07. The molecule has 48 valence electrons. The van der Waals surface area contributed by atoms with Crippen molar-refractivity contribution in [2.75, 3.05) is 0 Å². The van der Waals surface area contributed by atoms with E-state index in [4.69, 9.17) is 6.42 Å². The zero-order valence-corrected chi connectivity index (χ0v) is 5.64. The third-order valence-corrected chi connectivity index (χ3v) is 1.86. The SMILES string of the molecule is C#C/C=C/C1CCCC1. The third-order valence-electron chi connectivity index (χ3n) is 1.86. The molecule has 0 aromatic rings. The highest BCUT2D eigenvalue weighted by Crippen LogP contribution is 2.25. The number of terminal acetylenes is 1. The van der Waals surface area contributed by atoms with Gasteiger partial charge < -0.3 is 0 Å². The second-order valence-electron chi connectivity index (χ2n) is 2.57. The fourth-order valence-electron chi connectivity index (χ4n) is 1.34. The Morgan fingerprint density at radius 2 is 2.00 bits per heavy atom. The molecule has 0 atom stereocenters. The van der Waals surface area contributed by atoms with Crippen molar-refractivity contribution in [3.05, 3.63) is 12.2 Å². The molecule has 0 spiro atoms. The molecule has 0 aliphatic heterocycles. The van der Waals surface area contributed by atoms with Crippen molar-refractivity contribution in [2.24, 2.45) is 5.92 Å². The molecule has 0 aromatic carbocycles. The lowest BCUT2D eigenvalue weighted by Gasteiger charge is -1.96. The molecule has 1 saturated carbocycles. The summed E-state index contributed by atoms with van der Waals surface area (Å²) in [6, 6.07) is 0. The number of hydrogen-bond acceptors (Lipinski definition) is 0. The minimum Gasteiger partial charge on any atom is -0.115 e. The summed E-state index contributed by atoms with van der Waals surface area (Å²) >= 11 is 0. The molecule has 0 nitrogen and oxygen atoms in total. The molecule has 1 aliphatic carbocycles. The molecular weight excluding hydrogens is 108 g/mol. The molecule has 0 saturated heterocycles. The predicted molar refractivity (Wildman–Crippen MR) is 39.9 cm³/mol. The van der Waals surface area contributed by atoms with Crippen LogP contribution in [0.1, 0.15) is 25.7 Å². The molecule has 0 aromatic heterocycles. The highest BCUT2D eigenvalue weighted by Gasteiger charge is 2.10. The topological polar surface area (TPSA) is 0 Å². The van der Waals surface area contributed by atoms with Crippen LogP contribution in [0.3, 0.4) is 0 Å². The highest BCUT2D eigenvalue weighted by atomic mass is 14.2. The first kappa shape index (κ1) is 6.42. The lowest BCUT2D eigenvalue weighted by Crippen LogP contribution is -1.83. The molecular formula is C9H12. The van der Waals surface area contributed by atoms with Crippen LogP contribution >= 0.6 is 0 Å². The monoisotopic (exact) mass is 120 g/mol. The van der Waals surface area contributed by atoms with E-state index in [1.165, 1.54) is 25.7 Å². The second kappa shape index (κ2) is 3.35. The van der Waals surface area contributed by atoms with E-state index in [1.54, 1.807) is 0 Å². The van der Waals surface area contributed by atoms with Gasteiger partial charge in [-0.1, -0.05) is 24.8 Å². The maximum Gasteiger partial charge on any atom is -0.0159 e. The van der Waals surface area contributed by atoms with Crippen molar-refractivity contribution in [1.29, 1.82) is 0 Å². The van der Waals surface area contributed by atoms with Crippen molar-refractivity contribution in [3.63, 3.8) is 0 Å². The quantitative estimate of drug-likeness (QED) is 0.466. The normalized spacial score (nSPS) is 20.8. The summed E-state index contributed by atoms with van der Waals surface area (Å²) in [5, 5.41) is 0. The first-order valence-electron chi connectivity index (χ1n) is 3.56. The summed E-state index contributed by atoms with van der Waals surface area (Å²) in [5.74, 6) is 3.31. The Morgan fingerprint density at radius 1 is 1.33 bits per heavy atom. The van der Waals surface area contributed by atoms with Crippen LogP contribution in [0.15, 0.2) is 12.2 Å². The van der Waals surface area contributed by atoms with Crippen LogP contribution in [-0.4, -0.2) is 0 Å². The van der Waals surface area contributed by atoms with E-state index in [9.17, 15) is 0 Å². The van der Waals surface area contributed by atoms with Crippen molar-refractivity contribution >= 4 is 0 Å². The summed E-state index contributed by atoms with van der Waals surface area (Å²) in [6.45, 7) is 0. The van der Waals surface area contributed by atoms with Gasteiger partial charge in [-0.05, 0) is 24.8 Å². The van der Waals surface area contributed by atoms with Gasteiger partial charge in [0.15, 0.2) is 0 Å². The Balaban J connectivity index is 2.28. The van der Waals surface area contributed by atoms with Gasteiger partial charge in [0.1, 0.15) is 0 Å². The summed E-state index contributed by atoms with van der Waals surface area (Å²) in [5.41, 5.74) is 0. The van der Waals surface area contributed by atoms with Crippen LogP contribution in [0.5, 0.6) is 0 Å². The minimum atomic E-state index is 0.793. The molecule has 0 heteroatoms. The van der Waals surface area contributed by atoms with Gasteiger partial charge in [-0.3, -0.25) is 0 Å². The van der Waals surface area contributed by atoms with Crippen LogP contribution in [-0.2, 0) is 0 Å². The maximum absolute atomic E-state index is 5.07. The molecule has 0 radical (unpaired) electrons. The van der Waals surface area contributed by atoms with E-state index in [-0.39, 0.29) is 0 Å². The van der Waals surface area contributed by atoms with Crippen molar-refractivity contribution in [2.45, 2.75) is 25.7 Å². The van der Waals surface area contributed by atoms with Crippen molar-refractivity contribution < 1.29 is 0 Å². The first-order chi connectivity index (χ1) is 4.43. The molecule has 1 fully saturated rings. The summed E-state index contributed by atoms with van der Waals surface area (Å²) in [7, 11) is 0. The van der Waals surface area contributed by atoms with Gasteiger partial charge in [0.25, 0.3) is 0 Å². The number of hydrogen-bond donors (Lipinski definition) is 0. The minimum absolute atomic E-state index is 0.793. The van der Waals surface area contributed by atoms with E-state index in [1.807, 2.05) is 6.08 Å². The largest absolute Gasteiger partial charge is 0.115 e. The van der Waals surface area contributed by atoms with Gasteiger partial charge >= 0.3 is 0 Å². The van der Waals surface area contributed by atoms with Gasteiger partial charge in [0.05, 0.1) is 0 Å². The summed E-state index contributed by atoms with van der Waals surface area (Å²) < 4.78 is 0. The van der Waals surface area contributed by atoms with E-state index < -0.39 is 0 Å². The Morgan fingerprint density at radius 3 is 2.56 bits per heavy atom. The number of rotatable bonds is 1. The zero-order chi connectivity index (χ0) is 6.53. The van der Waals surface area contributed by atoms with Gasteiger partial charge in [0.2, 0.25) is 0 Å². The molecule has 0 N–H and O–H groups in total. The second-order valence-corrected chi connectivity index (χ2v) is 2.57. The molecule has 0 heterocycles. The Bertz CT molecular complexity index is 131. The fraction of sp³-hybridized carbons (Fsp3) is 0.556. The standard InChI is InChI=1S/C9H12/c1-2-3-6-9-7-4-5-8-9/h1,3,6,9H,4-5,7-8H2/b6-3+. The van der Waals surface area contributed by atoms with Crippen molar-refractivity contribution in [3.8, 4) is 12.3 Å². The van der Waals surface area contributed by atoms with Gasteiger partial charge in [-0.2, -0.15) is 0 Å². The third kappa shape index (κ3) is 1.93. The van der Waals surface area contributed by atoms with E-state index >= 15 is 0 Å². The van der Waals surface area contributed by atoms with E-state index in [2.05, 4.69) is 12.0 Å². The van der Waals surface area contributed by atoms with Gasteiger partial charge in [0, 0.05) is 0 Å². The molecule has 1 rings (SSSR count). The number of allylic oxidation sites excluding steroid dienone is 2. The molecule has 9 heavy (non-hydrogen) atoms. The first-order valence-corrected chi connectivity index (χ1v) is 3.56. The van der Waals surface area contributed by atoms with Gasteiger partial charge in [-0.25, -0.2) is 0 Å².